The second-order valence-corrected chi connectivity index (χ2v) is 5.97. The van der Waals surface area contributed by atoms with Gasteiger partial charge in [0.1, 0.15) is 0 Å². The van der Waals surface area contributed by atoms with Gasteiger partial charge in [0, 0.05) is 18.0 Å². The standard InChI is InChI=1S/C9H13IN2OS/c1-6(11)2-3-12-9(13)7-4-8(10)14-5-7/h4-6H,2-3,11H2,1H3,(H,12,13). The molecular weight excluding hydrogens is 311 g/mol. The predicted octanol–water partition coefficient (Wildman–Crippen LogP) is 1.82. The summed E-state index contributed by atoms with van der Waals surface area (Å²) < 4.78 is 1.12. The Balaban J connectivity index is 2.36. The van der Waals surface area contributed by atoms with Crippen LogP contribution in [0.15, 0.2) is 11.4 Å². The van der Waals surface area contributed by atoms with Crippen LogP contribution in [0.1, 0.15) is 23.7 Å². The fraction of sp³-hybridized carbons (Fsp3) is 0.444. The van der Waals surface area contributed by atoms with Crippen LogP contribution in [-0.4, -0.2) is 18.5 Å². The molecule has 78 valence electrons. The molecule has 0 saturated heterocycles. The van der Waals surface area contributed by atoms with E-state index in [9.17, 15) is 4.79 Å². The molecule has 1 aromatic heterocycles. The molecule has 0 spiro atoms. The first-order chi connectivity index (χ1) is 6.59. The molecule has 0 aliphatic heterocycles. The Morgan fingerprint density at radius 2 is 2.50 bits per heavy atom. The van der Waals surface area contributed by atoms with Crippen molar-refractivity contribution in [2.45, 2.75) is 19.4 Å². The molecule has 0 aromatic carbocycles. The van der Waals surface area contributed by atoms with Crippen molar-refractivity contribution in [1.82, 2.24) is 5.32 Å². The number of halogens is 1. The SMILES string of the molecule is CC(N)CCNC(=O)c1csc(I)c1. The molecule has 1 atom stereocenters. The monoisotopic (exact) mass is 324 g/mol. The van der Waals surface area contributed by atoms with Gasteiger partial charge in [-0.25, -0.2) is 0 Å². The Labute approximate surface area is 101 Å². The number of amides is 1. The zero-order valence-electron chi connectivity index (χ0n) is 7.92. The number of hydrogen-bond donors (Lipinski definition) is 2. The molecule has 0 aliphatic rings. The third kappa shape index (κ3) is 3.93. The Hall–Kier alpha value is -0.140. The molecule has 1 heterocycles. The Morgan fingerprint density at radius 3 is 3.00 bits per heavy atom. The molecule has 0 saturated carbocycles. The smallest absolute Gasteiger partial charge is 0.252 e. The number of nitrogens with one attached hydrogen (secondary N) is 1. The van der Waals surface area contributed by atoms with Gasteiger partial charge in [0.2, 0.25) is 0 Å². The normalized spacial score (nSPS) is 12.5. The Bertz CT molecular complexity index is 312. The molecule has 1 amide bonds. The lowest BCUT2D eigenvalue weighted by Gasteiger charge is -2.05. The second kappa shape index (κ2) is 5.67. The highest BCUT2D eigenvalue weighted by Gasteiger charge is 2.06. The maximum atomic E-state index is 11.5. The summed E-state index contributed by atoms with van der Waals surface area (Å²) in [6.07, 6.45) is 0.812. The van der Waals surface area contributed by atoms with E-state index in [4.69, 9.17) is 5.73 Å². The number of nitrogens with two attached hydrogens (primary N) is 1. The molecule has 1 rings (SSSR count). The van der Waals surface area contributed by atoms with Gasteiger partial charge in [0.25, 0.3) is 5.91 Å². The van der Waals surface area contributed by atoms with Gasteiger partial charge >= 0.3 is 0 Å². The van der Waals surface area contributed by atoms with Gasteiger partial charge in [-0.05, 0) is 42.0 Å². The summed E-state index contributed by atoms with van der Waals surface area (Å²) in [5, 5.41) is 4.69. The van der Waals surface area contributed by atoms with Crippen molar-refractivity contribution in [3.63, 3.8) is 0 Å². The van der Waals surface area contributed by atoms with Crippen LogP contribution in [0, 0.1) is 2.88 Å². The third-order valence-corrected chi connectivity index (χ3v) is 3.50. The number of rotatable bonds is 4. The molecule has 0 radical (unpaired) electrons. The number of hydrogen-bond acceptors (Lipinski definition) is 3. The van der Waals surface area contributed by atoms with Crippen LogP contribution in [0.2, 0.25) is 0 Å². The van der Waals surface area contributed by atoms with E-state index in [0.717, 1.165) is 14.9 Å². The van der Waals surface area contributed by atoms with E-state index in [0.29, 0.717) is 6.54 Å². The van der Waals surface area contributed by atoms with Crippen LogP contribution in [0.4, 0.5) is 0 Å². The number of thiophene rings is 1. The average Bonchev–Trinajstić information content (AvgIpc) is 2.51. The molecule has 5 heteroatoms. The predicted molar refractivity (Wildman–Crippen MR) is 67.6 cm³/mol. The van der Waals surface area contributed by atoms with E-state index in [1.54, 1.807) is 11.3 Å². The quantitative estimate of drug-likeness (QED) is 0.830. The van der Waals surface area contributed by atoms with Crippen LogP contribution < -0.4 is 11.1 Å². The van der Waals surface area contributed by atoms with Crippen LogP contribution in [0.25, 0.3) is 0 Å². The van der Waals surface area contributed by atoms with E-state index in [2.05, 4.69) is 27.9 Å². The highest BCUT2D eigenvalue weighted by atomic mass is 127. The lowest BCUT2D eigenvalue weighted by molar-refractivity contribution is 0.0953. The highest BCUT2D eigenvalue weighted by molar-refractivity contribution is 14.1. The minimum Gasteiger partial charge on any atom is -0.352 e. The first-order valence-electron chi connectivity index (χ1n) is 4.37. The topological polar surface area (TPSA) is 55.1 Å². The first-order valence-corrected chi connectivity index (χ1v) is 6.33. The van der Waals surface area contributed by atoms with E-state index in [1.807, 2.05) is 18.4 Å². The van der Waals surface area contributed by atoms with Gasteiger partial charge in [-0.1, -0.05) is 0 Å². The van der Waals surface area contributed by atoms with E-state index >= 15 is 0 Å². The van der Waals surface area contributed by atoms with Gasteiger partial charge in [0.15, 0.2) is 0 Å². The molecular formula is C9H13IN2OS. The van der Waals surface area contributed by atoms with Gasteiger partial charge in [-0.2, -0.15) is 0 Å². The van der Waals surface area contributed by atoms with Crippen LogP contribution >= 0.6 is 33.9 Å². The van der Waals surface area contributed by atoms with Crippen molar-refractivity contribution in [2.24, 2.45) is 5.73 Å². The maximum absolute atomic E-state index is 11.5. The average molecular weight is 324 g/mol. The highest BCUT2D eigenvalue weighted by Crippen LogP contribution is 2.16. The first kappa shape index (κ1) is 11.9. The summed E-state index contributed by atoms with van der Waals surface area (Å²) in [4.78, 5) is 11.5. The fourth-order valence-electron chi connectivity index (χ4n) is 0.945. The summed E-state index contributed by atoms with van der Waals surface area (Å²) in [6.45, 7) is 2.57. The minimum atomic E-state index is -0.00943. The fourth-order valence-corrected chi connectivity index (χ4v) is 2.27. The van der Waals surface area contributed by atoms with E-state index in [-0.39, 0.29) is 11.9 Å². The zero-order chi connectivity index (χ0) is 10.6. The Morgan fingerprint density at radius 1 is 1.79 bits per heavy atom. The summed E-state index contributed by atoms with van der Waals surface area (Å²) in [5.41, 5.74) is 6.31. The van der Waals surface area contributed by atoms with Gasteiger partial charge < -0.3 is 11.1 Å². The van der Waals surface area contributed by atoms with Gasteiger partial charge in [-0.3, -0.25) is 4.79 Å². The summed E-state index contributed by atoms with van der Waals surface area (Å²) in [7, 11) is 0. The van der Waals surface area contributed by atoms with E-state index in [1.165, 1.54) is 0 Å². The Kier molecular flexibility index (Phi) is 4.83. The lowest BCUT2D eigenvalue weighted by atomic mass is 10.2. The maximum Gasteiger partial charge on any atom is 0.252 e. The van der Waals surface area contributed by atoms with Crippen LogP contribution in [0.3, 0.4) is 0 Å². The molecule has 1 unspecified atom stereocenters. The van der Waals surface area contributed by atoms with E-state index < -0.39 is 0 Å². The third-order valence-electron chi connectivity index (χ3n) is 1.71. The molecule has 0 fully saturated rings. The summed E-state index contributed by atoms with van der Waals surface area (Å²) >= 11 is 3.77. The lowest BCUT2D eigenvalue weighted by Crippen LogP contribution is -2.28. The molecule has 0 bridgehead atoms. The van der Waals surface area contributed by atoms with Gasteiger partial charge in [-0.15, -0.1) is 11.3 Å². The second-order valence-electron chi connectivity index (χ2n) is 3.16. The van der Waals surface area contributed by atoms with Crippen molar-refractivity contribution in [3.8, 4) is 0 Å². The van der Waals surface area contributed by atoms with Crippen molar-refractivity contribution in [1.29, 1.82) is 0 Å². The summed E-state index contributed by atoms with van der Waals surface area (Å²) in [6, 6.07) is 2.02. The largest absolute Gasteiger partial charge is 0.352 e. The molecule has 14 heavy (non-hydrogen) atoms. The number of carbonyl (C=O) groups is 1. The minimum absolute atomic E-state index is 0.00943. The van der Waals surface area contributed by atoms with Crippen molar-refractivity contribution < 1.29 is 4.79 Å². The number of carbonyl (C=O) groups excluding carboxylic acids is 1. The molecule has 0 aliphatic carbocycles. The van der Waals surface area contributed by atoms with Crippen LogP contribution in [0.5, 0.6) is 0 Å². The summed E-state index contributed by atoms with van der Waals surface area (Å²) in [5.74, 6) is -0.00943. The molecule has 1 aromatic rings. The van der Waals surface area contributed by atoms with Crippen molar-refractivity contribution in [3.05, 3.63) is 19.9 Å². The van der Waals surface area contributed by atoms with Crippen LogP contribution in [-0.2, 0) is 0 Å². The molecule has 3 nitrogen and oxygen atoms in total. The van der Waals surface area contributed by atoms with Crippen molar-refractivity contribution in [2.75, 3.05) is 6.54 Å². The molecule has 3 N–H and O–H groups in total. The zero-order valence-corrected chi connectivity index (χ0v) is 10.9. The van der Waals surface area contributed by atoms with Gasteiger partial charge in [0.05, 0.1) is 8.45 Å². The van der Waals surface area contributed by atoms with Crippen molar-refractivity contribution >= 4 is 39.8 Å².